The maximum absolute atomic E-state index is 11.9. The lowest BCUT2D eigenvalue weighted by atomic mass is 9.98. The van der Waals surface area contributed by atoms with Crippen molar-refractivity contribution in [2.75, 3.05) is 19.1 Å². The van der Waals surface area contributed by atoms with Gasteiger partial charge in [-0.1, -0.05) is 36.4 Å². The minimum absolute atomic E-state index is 0.213. The molecule has 0 aromatic heterocycles. The first-order valence-electron chi connectivity index (χ1n) is 7.37. The molecule has 0 aliphatic carbocycles. The number of fused-ring (bicyclic) bond motifs is 1. The topological polar surface area (TPSA) is 51.1 Å². The molecular weight excluding hydrogens is 292 g/mol. The van der Waals surface area contributed by atoms with E-state index in [0.29, 0.717) is 6.02 Å². The molecule has 0 radical (unpaired) electrons. The summed E-state index contributed by atoms with van der Waals surface area (Å²) >= 11 is 0. The SMILES string of the molecule is COC(=O)CC1c2ccccc2N=C(OC)N1c1ccccc1. The lowest BCUT2D eigenvalue weighted by Gasteiger charge is -2.36. The number of hydrogen-bond acceptors (Lipinski definition) is 5. The summed E-state index contributed by atoms with van der Waals surface area (Å²) in [6, 6.07) is 17.8. The van der Waals surface area contributed by atoms with E-state index >= 15 is 0 Å². The predicted molar refractivity (Wildman–Crippen MR) is 88.8 cm³/mol. The fourth-order valence-corrected chi connectivity index (χ4v) is 2.77. The number of methoxy groups -OCH3 is 2. The second-order valence-corrected chi connectivity index (χ2v) is 5.16. The summed E-state index contributed by atoms with van der Waals surface area (Å²) in [4.78, 5) is 18.4. The van der Waals surface area contributed by atoms with E-state index < -0.39 is 0 Å². The highest BCUT2D eigenvalue weighted by molar-refractivity contribution is 5.97. The summed E-state index contributed by atoms with van der Waals surface area (Å²) in [5.41, 5.74) is 2.70. The van der Waals surface area contributed by atoms with Crippen LogP contribution >= 0.6 is 0 Å². The first-order chi connectivity index (χ1) is 11.2. The van der Waals surface area contributed by atoms with E-state index in [1.54, 1.807) is 7.11 Å². The molecule has 2 aromatic carbocycles. The van der Waals surface area contributed by atoms with Crippen LogP contribution in [-0.2, 0) is 14.3 Å². The van der Waals surface area contributed by atoms with Crippen molar-refractivity contribution in [3.63, 3.8) is 0 Å². The molecule has 23 heavy (non-hydrogen) atoms. The number of carbonyl (C=O) groups excluding carboxylic acids is 1. The monoisotopic (exact) mass is 310 g/mol. The van der Waals surface area contributed by atoms with Gasteiger partial charge in [-0.3, -0.25) is 9.69 Å². The minimum atomic E-state index is -0.275. The molecule has 0 amide bonds. The summed E-state index contributed by atoms with van der Waals surface area (Å²) in [5, 5.41) is 0. The van der Waals surface area contributed by atoms with Crippen molar-refractivity contribution < 1.29 is 14.3 Å². The van der Waals surface area contributed by atoms with Crippen LogP contribution in [0, 0.1) is 0 Å². The first-order valence-corrected chi connectivity index (χ1v) is 7.37. The van der Waals surface area contributed by atoms with Gasteiger partial charge in [0.2, 0.25) is 0 Å². The van der Waals surface area contributed by atoms with Gasteiger partial charge in [-0.05, 0) is 18.2 Å². The van der Waals surface area contributed by atoms with Crippen LogP contribution in [0.1, 0.15) is 18.0 Å². The molecule has 0 bridgehead atoms. The van der Waals surface area contributed by atoms with E-state index in [2.05, 4.69) is 4.99 Å². The highest BCUT2D eigenvalue weighted by Crippen LogP contribution is 2.39. The number of carbonyl (C=O) groups is 1. The van der Waals surface area contributed by atoms with Crippen molar-refractivity contribution in [1.29, 1.82) is 0 Å². The van der Waals surface area contributed by atoms with Crippen LogP contribution in [0.5, 0.6) is 0 Å². The standard InChI is InChI=1S/C18H18N2O3/c1-22-17(21)12-16-14-10-6-7-11-15(14)19-18(23-2)20(16)13-8-4-3-5-9-13/h3-11,16H,12H2,1-2H3. The summed E-state index contributed by atoms with van der Waals surface area (Å²) < 4.78 is 10.4. The van der Waals surface area contributed by atoms with Crippen LogP contribution in [0.15, 0.2) is 59.6 Å². The van der Waals surface area contributed by atoms with Crippen molar-refractivity contribution >= 4 is 23.4 Å². The van der Waals surface area contributed by atoms with E-state index in [-0.39, 0.29) is 18.4 Å². The molecule has 0 spiro atoms. The van der Waals surface area contributed by atoms with Gasteiger partial charge < -0.3 is 9.47 Å². The Morgan fingerprint density at radius 2 is 1.78 bits per heavy atom. The second-order valence-electron chi connectivity index (χ2n) is 5.16. The van der Waals surface area contributed by atoms with Crippen molar-refractivity contribution in [3.8, 4) is 0 Å². The van der Waals surface area contributed by atoms with Crippen molar-refractivity contribution in [3.05, 3.63) is 60.2 Å². The zero-order chi connectivity index (χ0) is 16.2. The van der Waals surface area contributed by atoms with Crippen LogP contribution in [0.4, 0.5) is 11.4 Å². The van der Waals surface area contributed by atoms with E-state index in [1.807, 2.05) is 59.5 Å². The molecule has 118 valence electrons. The van der Waals surface area contributed by atoms with Gasteiger partial charge in [0.05, 0.1) is 32.4 Å². The first kappa shape index (κ1) is 15.1. The van der Waals surface area contributed by atoms with Gasteiger partial charge in [0.1, 0.15) is 0 Å². The number of aliphatic imine (C=N–C) groups is 1. The smallest absolute Gasteiger partial charge is 0.307 e. The highest BCUT2D eigenvalue weighted by atomic mass is 16.5. The van der Waals surface area contributed by atoms with E-state index in [4.69, 9.17) is 9.47 Å². The molecule has 0 fully saturated rings. The Morgan fingerprint density at radius 3 is 2.48 bits per heavy atom. The lowest BCUT2D eigenvalue weighted by Crippen LogP contribution is -2.39. The Hall–Kier alpha value is -2.82. The molecule has 5 nitrogen and oxygen atoms in total. The largest absolute Gasteiger partial charge is 0.469 e. The Bertz CT molecular complexity index is 728. The number of rotatable bonds is 3. The van der Waals surface area contributed by atoms with Crippen LogP contribution in [-0.4, -0.2) is 26.2 Å². The van der Waals surface area contributed by atoms with E-state index in [9.17, 15) is 4.79 Å². The third-order valence-electron chi connectivity index (χ3n) is 3.83. The fraction of sp³-hybridized carbons (Fsp3) is 0.222. The van der Waals surface area contributed by atoms with Crippen LogP contribution < -0.4 is 4.90 Å². The summed E-state index contributed by atoms with van der Waals surface area (Å²) in [6.07, 6.45) is 0.213. The van der Waals surface area contributed by atoms with Crippen LogP contribution in [0.25, 0.3) is 0 Å². The third-order valence-corrected chi connectivity index (χ3v) is 3.83. The minimum Gasteiger partial charge on any atom is -0.469 e. The maximum atomic E-state index is 11.9. The number of ether oxygens (including phenoxy) is 2. The van der Waals surface area contributed by atoms with Crippen LogP contribution in [0.2, 0.25) is 0 Å². The Balaban J connectivity index is 2.12. The molecule has 0 N–H and O–H groups in total. The molecule has 1 unspecified atom stereocenters. The number of nitrogens with zero attached hydrogens (tertiary/aromatic N) is 2. The van der Waals surface area contributed by atoms with Gasteiger partial charge >= 0.3 is 5.97 Å². The second kappa shape index (κ2) is 6.52. The number of hydrogen-bond donors (Lipinski definition) is 0. The molecule has 0 saturated carbocycles. The number of para-hydroxylation sites is 2. The van der Waals surface area contributed by atoms with Crippen molar-refractivity contribution in [2.45, 2.75) is 12.5 Å². The zero-order valence-corrected chi connectivity index (χ0v) is 13.1. The van der Waals surface area contributed by atoms with Crippen molar-refractivity contribution in [2.24, 2.45) is 4.99 Å². The average Bonchev–Trinajstić information content (AvgIpc) is 2.61. The third kappa shape index (κ3) is 2.90. The van der Waals surface area contributed by atoms with Crippen LogP contribution in [0.3, 0.4) is 0 Å². The number of esters is 1. The summed E-state index contributed by atoms with van der Waals surface area (Å²) in [6.45, 7) is 0. The van der Waals surface area contributed by atoms with E-state index in [0.717, 1.165) is 16.9 Å². The van der Waals surface area contributed by atoms with E-state index in [1.165, 1.54) is 7.11 Å². The molecule has 1 aliphatic heterocycles. The highest BCUT2D eigenvalue weighted by Gasteiger charge is 2.33. The van der Waals surface area contributed by atoms with Gasteiger partial charge in [-0.2, -0.15) is 4.99 Å². The summed E-state index contributed by atoms with van der Waals surface area (Å²) in [5.74, 6) is -0.275. The van der Waals surface area contributed by atoms with Gasteiger partial charge in [-0.15, -0.1) is 0 Å². The van der Waals surface area contributed by atoms with Gasteiger partial charge in [-0.25, -0.2) is 0 Å². The number of amidine groups is 1. The molecule has 5 heteroatoms. The Kier molecular flexibility index (Phi) is 4.28. The maximum Gasteiger partial charge on any atom is 0.307 e. The predicted octanol–water partition coefficient (Wildman–Crippen LogP) is 3.44. The van der Waals surface area contributed by atoms with Gasteiger partial charge in [0, 0.05) is 11.3 Å². The normalized spacial score (nSPS) is 16.3. The molecule has 2 aromatic rings. The fourth-order valence-electron chi connectivity index (χ4n) is 2.77. The Morgan fingerprint density at radius 1 is 1.09 bits per heavy atom. The molecular formula is C18H18N2O3. The molecule has 3 rings (SSSR count). The van der Waals surface area contributed by atoms with Crippen molar-refractivity contribution in [1.82, 2.24) is 0 Å². The average molecular weight is 310 g/mol. The summed E-state index contributed by atoms with van der Waals surface area (Å²) in [7, 11) is 2.98. The van der Waals surface area contributed by atoms with Gasteiger partial charge in [0.15, 0.2) is 0 Å². The van der Waals surface area contributed by atoms with Gasteiger partial charge in [0.25, 0.3) is 6.02 Å². The molecule has 1 atom stereocenters. The number of anilines is 1. The zero-order valence-electron chi connectivity index (χ0n) is 13.1. The quantitative estimate of drug-likeness (QED) is 0.815. The molecule has 0 saturated heterocycles. The lowest BCUT2D eigenvalue weighted by molar-refractivity contribution is -0.141. The Labute approximate surface area is 135 Å². The molecule has 1 heterocycles. The molecule has 1 aliphatic rings. The number of benzene rings is 2.